The van der Waals surface area contributed by atoms with Crippen molar-refractivity contribution in [3.05, 3.63) is 11.5 Å². The highest BCUT2D eigenvalue weighted by molar-refractivity contribution is 8.78. The Kier molecular flexibility index (Phi) is 4.40. The molecule has 0 nitrogen and oxygen atoms in total. The van der Waals surface area contributed by atoms with Gasteiger partial charge in [0.1, 0.15) is 0 Å². The molecule has 2 aliphatic rings. The van der Waals surface area contributed by atoms with Gasteiger partial charge < -0.3 is 0 Å². The van der Waals surface area contributed by atoms with E-state index in [0.717, 1.165) is 0 Å². The molecule has 0 bridgehead atoms. The molecule has 1 aliphatic carbocycles. The fourth-order valence-corrected chi connectivity index (χ4v) is 2.02. The lowest BCUT2D eigenvalue weighted by atomic mass is 10.0. The molecule has 0 amide bonds. The Hall–Kier alpha value is 0.440. The van der Waals surface area contributed by atoms with E-state index in [-0.39, 0.29) is 0 Å². The van der Waals surface area contributed by atoms with Crippen LogP contribution in [0, 0.1) is 0 Å². The second kappa shape index (κ2) is 5.24. The molecule has 1 saturated carbocycles. The first kappa shape index (κ1) is 7.55. The van der Waals surface area contributed by atoms with E-state index in [0.29, 0.717) is 0 Å². The highest BCUT2D eigenvalue weighted by Crippen LogP contribution is 2.27. The Balaban J connectivity index is 0.0000000922. The first-order valence-corrected chi connectivity index (χ1v) is 5.81. The molecule has 2 heteroatoms. The zero-order chi connectivity index (χ0) is 6.36. The van der Waals surface area contributed by atoms with E-state index in [1.807, 2.05) is 21.6 Å². The number of rotatable bonds is 0. The first-order chi connectivity index (χ1) is 4.50. The van der Waals surface area contributed by atoms with Crippen molar-refractivity contribution >= 4 is 21.6 Å². The van der Waals surface area contributed by atoms with Crippen molar-refractivity contribution in [3.8, 4) is 0 Å². The standard InChI is InChI=1S/C4H8.C3H4S2/c1-2-4-3-1;1-2-4-5-3-1/h1-4H2;1-2H,3H2. The van der Waals surface area contributed by atoms with E-state index in [4.69, 9.17) is 0 Å². The summed E-state index contributed by atoms with van der Waals surface area (Å²) < 4.78 is 0. The third kappa shape index (κ3) is 3.93. The lowest BCUT2D eigenvalue weighted by Crippen LogP contribution is -1.85. The zero-order valence-electron chi connectivity index (χ0n) is 5.51. The van der Waals surface area contributed by atoms with Crippen LogP contribution in [0.3, 0.4) is 0 Å². The first-order valence-electron chi connectivity index (χ1n) is 3.43. The van der Waals surface area contributed by atoms with Gasteiger partial charge in [0, 0.05) is 5.75 Å². The molecule has 0 atom stereocenters. The highest BCUT2D eigenvalue weighted by Gasteiger charge is 1.95. The molecule has 52 valence electrons. The maximum absolute atomic E-state index is 2.16. The van der Waals surface area contributed by atoms with Gasteiger partial charge in [-0.25, -0.2) is 0 Å². The molecule has 0 spiro atoms. The van der Waals surface area contributed by atoms with Gasteiger partial charge in [-0.3, -0.25) is 0 Å². The van der Waals surface area contributed by atoms with Gasteiger partial charge in [-0.15, -0.1) is 0 Å². The van der Waals surface area contributed by atoms with E-state index in [2.05, 4.69) is 11.5 Å². The van der Waals surface area contributed by atoms with Crippen LogP contribution in [-0.4, -0.2) is 5.75 Å². The summed E-state index contributed by atoms with van der Waals surface area (Å²) in [6.07, 6.45) is 8.16. The minimum atomic E-state index is 1.20. The Bertz CT molecular complexity index is 74.9. The smallest absolute Gasteiger partial charge is 0.0229 e. The predicted molar refractivity (Wildman–Crippen MR) is 47.7 cm³/mol. The molecule has 0 saturated heterocycles. The van der Waals surface area contributed by atoms with E-state index in [1.54, 1.807) is 0 Å². The molecular formula is C7H12S2. The predicted octanol–water partition coefficient (Wildman–Crippen LogP) is 3.46. The van der Waals surface area contributed by atoms with Crippen LogP contribution in [0.2, 0.25) is 0 Å². The fourth-order valence-electron chi connectivity index (χ4n) is 0.446. The van der Waals surface area contributed by atoms with Crippen LogP contribution in [0.1, 0.15) is 25.7 Å². The summed E-state index contributed by atoms with van der Waals surface area (Å²) in [5, 5.41) is 2.12. The minimum Gasteiger partial charge on any atom is -0.0854 e. The minimum absolute atomic E-state index is 1.20. The van der Waals surface area contributed by atoms with Gasteiger partial charge in [0.2, 0.25) is 0 Å². The van der Waals surface area contributed by atoms with Gasteiger partial charge in [-0.05, 0) is 5.41 Å². The van der Waals surface area contributed by atoms with Crippen LogP contribution in [0.25, 0.3) is 0 Å². The molecule has 1 fully saturated rings. The molecule has 0 aromatic carbocycles. The highest BCUT2D eigenvalue weighted by atomic mass is 33.1. The summed E-state index contributed by atoms with van der Waals surface area (Å²) in [5.41, 5.74) is 0. The molecule has 9 heavy (non-hydrogen) atoms. The Morgan fingerprint density at radius 1 is 1.00 bits per heavy atom. The second-order valence-corrected chi connectivity index (χ2v) is 4.48. The van der Waals surface area contributed by atoms with Gasteiger partial charge >= 0.3 is 0 Å². The number of hydrogen-bond donors (Lipinski definition) is 0. The molecule has 0 unspecified atom stereocenters. The molecule has 1 aliphatic heterocycles. The molecule has 0 radical (unpaired) electrons. The quantitative estimate of drug-likeness (QED) is 0.498. The third-order valence-corrected chi connectivity index (χ3v) is 3.30. The number of hydrogen-bond acceptors (Lipinski definition) is 2. The van der Waals surface area contributed by atoms with Crippen LogP contribution >= 0.6 is 21.6 Å². The van der Waals surface area contributed by atoms with Crippen molar-refractivity contribution in [1.29, 1.82) is 0 Å². The van der Waals surface area contributed by atoms with E-state index < -0.39 is 0 Å². The van der Waals surface area contributed by atoms with E-state index in [1.165, 1.54) is 31.4 Å². The Morgan fingerprint density at radius 2 is 1.67 bits per heavy atom. The van der Waals surface area contributed by atoms with Crippen LogP contribution in [0.4, 0.5) is 0 Å². The van der Waals surface area contributed by atoms with Crippen molar-refractivity contribution in [1.82, 2.24) is 0 Å². The molecule has 2 rings (SSSR count). The molecular weight excluding hydrogens is 148 g/mol. The molecule has 0 aromatic rings. The maximum atomic E-state index is 2.16. The maximum Gasteiger partial charge on any atom is 0.0229 e. The van der Waals surface area contributed by atoms with Gasteiger partial charge in [0.25, 0.3) is 0 Å². The summed E-state index contributed by atoms with van der Waals surface area (Å²) in [4.78, 5) is 0. The average molecular weight is 160 g/mol. The summed E-state index contributed by atoms with van der Waals surface area (Å²) in [6.45, 7) is 0. The van der Waals surface area contributed by atoms with E-state index in [9.17, 15) is 0 Å². The SMILES string of the molecule is C1=CSSC1.C1CCC1. The van der Waals surface area contributed by atoms with Crippen LogP contribution < -0.4 is 0 Å². The Labute approximate surface area is 64.9 Å². The average Bonchev–Trinajstić information content (AvgIpc) is 2.07. The molecule has 0 aromatic heterocycles. The monoisotopic (exact) mass is 160 g/mol. The van der Waals surface area contributed by atoms with Crippen molar-refractivity contribution in [3.63, 3.8) is 0 Å². The summed E-state index contributed by atoms with van der Waals surface area (Å²) >= 11 is 0. The van der Waals surface area contributed by atoms with Gasteiger partial charge in [-0.2, -0.15) is 0 Å². The van der Waals surface area contributed by atoms with Crippen molar-refractivity contribution in [2.45, 2.75) is 25.7 Å². The van der Waals surface area contributed by atoms with Crippen molar-refractivity contribution in [2.24, 2.45) is 0 Å². The second-order valence-electron chi connectivity index (χ2n) is 2.17. The van der Waals surface area contributed by atoms with Crippen molar-refractivity contribution < 1.29 is 0 Å². The lowest BCUT2D eigenvalue weighted by molar-refractivity contribution is 0.504. The molecule has 0 N–H and O–H groups in total. The molecule has 1 heterocycles. The normalized spacial score (nSPS) is 22.2. The summed E-state index contributed by atoms with van der Waals surface area (Å²) in [5.74, 6) is 1.20. The summed E-state index contributed by atoms with van der Waals surface area (Å²) in [7, 11) is 3.69. The van der Waals surface area contributed by atoms with Crippen LogP contribution in [-0.2, 0) is 0 Å². The topological polar surface area (TPSA) is 0 Å². The van der Waals surface area contributed by atoms with E-state index >= 15 is 0 Å². The van der Waals surface area contributed by atoms with Gasteiger partial charge in [-0.1, -0.05) is 53.3 Å². The Morgan fingerprint density at radius 3 is 1.78 bits per heavy atom. The lowest BCUT2D eigenvalue weighted by Gasteiger charge is -2.05. The fraction of sp³-hybridized carbons (Fsp3) is 0.714. The zero-order valence-corrected chi connectivity index (χ0v) is 7.14. The van der Waals surface area contributed by atoms with Crippen LogP contribution in [0.15, 0.2) is 11.5 Å². The summed E-state index contributed by atoms with van der Waals surface area (Å²) in [6, 6.07) is 0. The largest absolute Gasteiger partial charge is 0.0854 e. The van der Waals surface area contributed by atoms with Crippen LogP contribution in [0.5, 0.6) is 0 Å². The van der Waals surface area contributed by atoms with Gasteiger partial charge in [0.15, 0.2) is 0 Å². The van der Waals surface area contributed by atoms with Gasteiger partial charge in [0.05, 0.1) is 0 Å². The third-order valence-electron chi connectivity index (χ3n) is 1.38. The van der Waals surface area contributed by atoms with Crippen molar-refractivity contribution in [2.75, 3.05) is 5.75 Å².